The van der Waals surface area contributed by atoms with Gasteiger partial charge in [0.1, 0.15) is 6.54 Å². The fraction of sp³-hybridized carbons (Fsp3) is 0.417. The van der Waals surface area contributed by atoms with Gasteiger partial charge in [0.2, 0.25) is 15.9 Å². The molecule has 2 aromatic rings. The second-order valence-corrected chi connectivity index (χ2v) is 9.92. The molecule has 1 N–H and O–H groups in total. The average Bonchev–Trinajstić information content (AvgIpc) is 2.86. The summed E-state index contributed by atoms with van der Waals surface area (Å²) < 4.78 is 41.6. The summed E-state index contributed by atoms with van der Waals surface area (Å²) in [5.41, 5.74) is 1.69. The molecule has 0 aromatic heterocycles. The van der Waals surface area contributed by atoms with Gasteiger partial charge in [-0.25, -0.2) is 8.42 Å². The largest absolute Gasteiger partial charge is 0.493 e. The minimum atomic E-state index is -3.73. The molecule has 0 spiro atoms. The van der Waals surface area contributed by atoms with Gasteiger partial charge in [-0.2, -0.15) is 0 Å². The SMILES string of the molecule is COc1ccc(CCNC(=O)CN(c2ccc(C(=O)N3CCOCC3)cc2)S(C)(=O)=O)cc1OC. The number of amides is 2. The summed E-state index contributed by atoms with van der Waals surface area (Å²) in [7, 11) is -0.624. The number of benzene rings is 2. The van der Waals surface area contributed by atoms with E-state index in [4.69, 9.17) is 14.2 Å². The minimum Gasteiger partial charge on any atom is -0.493 e. The number of methoxy groups -OCH3 is 2. The summed E-state index contributed by atoms with van der Waals surface area (Å²) in [6.45, 7) is 1.96. The molecule has 2 amide bonds. The summed E-state index contributed by atoms with van der Waals surface area (Å²) in [5, 5.41) is 2.75. The molecule has 10 nitrogen and oxygen atoms in total. The van der Waals surface area contributed by atoms with Crippen LogP contribution in [0.2, 0.25) is 0 Å². The molecule has 0 atom stereocenters. The molecule has 1 saturated heterocycles. The standard InChI is InChI=1S/C24H31N3O7S/c1-32-21-9-4-18(16-22(21)33-2)10-11-25-23(28)17-27(35(3,30)31)20-7-5-19(6-8-20)24(29)26-12-14-34-15-13-26/h4-9,16H,10-15,17H2,1-3H3,(H,25,28). The fourth-order valence-corrected chi connectivity index (χ4v) is 4.54. The van der Waals surface area contributed by atoms with Crippen molar-refractivity contribution in [1.82, 2.24) is 10.2 Å². The first-order valence-electron chi connectivity index (χ1n) is 11.2. The third kappa shape index (κ3) is 7.09. The highest BCUT2D eigenvalue weighted by atomic mass is 32.2. The van der Waals surface area contributed by atoms with E-state index in [0.717, 1.165) is 16.1 Å². The number of rotatable bonds is 10. The number of hydrogen-bond donors (Lipinski definition) is 1. The molecule has 2 aromatic carbocycles. The first-order chi connectivity index (χ1) is 16.7. The lowest BCUT2D eigenvalue weighted by molar-refractivity contribution is -0.119. The highest BCUT2D eigenvalue weighted by Crippen LogP contribution is 2.27. The third-order valence-electron chi connectivity index (χ3n) is 5.57. The fourth-order valence-electron chi connectivity index (χ4n) is 3.69. The molecule has 0 bridgehead atoms. The van der Waals surface area contributed by atoms with Crippen LogP contribution in [0.15, 0.2) is 42.5 Å². The van der Waals surface area contributed by atoms with E-state index in [1.165, 1.54) is 12.1 Å². The maximum absolute atomic E-state index is 12.6. The molecule has 0 unspecified atom stereocenters. The average molecular weight is 506 g/mol. The van der Waals surface area contributed by atoms with Crippen LogP contribution in [0.1, 0.15) is 15.9 Å². The molecule has 35 heavy (non-hydrogen) atoms. The second kappa shape index (κ2) is 11.9. The zero-order chi connectivity index (χ0) is 25.4. The number of morpholine rings is 1. The van der Waals surface area contributed by atoms with Crippen LogP contribution >= 0.6 is 0 Å². The second-order valence-electron chi connectivity index (χ2n) is 8.01. The minimum absolute atomic E-state index is 0.140. The molecule has 1 fully saturated rings. The van der Waals surface area contributed by atoms with Gasteiger partial charge < -0.3 is 24.4 Å². The van der Waals surface area contributed by atoms with Gasteiger partial charge in [0.25, 0.3) is 5.91 Å². The van der Waals surface area contributed by atoms with Crippen molar-refractivity contribution in [2.24, 2.45) is 0 Å². The van der Waals surface area contributed by atoms with Gasteiger partial charge in [0, 0.05) is 25.2 Å². The van der Waals surface area contributed by atoms with Crippen molar-refractivity contribution in [2.75, 3.05) is 64.2 Å². The normalized spacial score (nSPS) is 13.7. The Morgan fingerprint density at radius 3 is 2.29 bits per heavy atom. The van der Waals surface area contributed by atoms with E-state index in [-0.39, 0.29) is 12.5 Å². The van der Waals surface area contributed by atoms with Crippen LogP contribution in [-0.4, -0.2) is 85.0 Å². The Balaban J connectivity index is 1.60. The van der Waals surface area contributed by atoms with Gasteiger partial charge in [-0.05, 0) is 48.4 Å². The van der Waals surface area contributed by atoms with Crippen LogP contribution in [0.3, 0.4) is 0 Å². The molecular formula is C24H31N3O7S. The van der Waals surface area contributed by atoms with Gasteiger partial charge in [0.05, 0.1) is 39.4 Å². The lowest BCUT2D eigenvalue weighted by Gasteiger charge is -2.27. The van der Waals surface area contributed by atoms with Crippen molar-refractivity contribution in [3.8, 4) is 11.5 Å². The van der Waals surface area contributed by atoms with E-state index < -0.39 is 15.9 Å². The summed E-state index contributed by atoms with van der Waals surface area (Å²) in [6.07, 6.45) is 1.57. The van der Waals surface area contributed by atoms with Crippen LogP contribution < -0.4 is 19.1 Å². The highest BCUT2D eigenvalue weighted by Gasteiger charge is 2.22. The topological polar surface area (TPSA) is 114 Å². The van der Waals surface area contributed by atoms with E-state index in [1.54, 1.807) is 37.3 Å². The maximum Gasteiger partial charge on any atom is 0.254 e. The smallest absolute Gasteiger partial charge is 0.254 e. The molecule has 1 aliphatic rings. The van der Waals surface area contributed by atoms with E-state index >= 15 is 0 Å². The maximum atomic E-state index is 12.6. The van der Waals surface area contributed by atoms with Crippen molar-refractivity contribution in [2.45, 2.75) is 6.42 Å². The van der Waals surface area contributed by atoms with Crippen LogP contribution in [0, 0.1) is 0 Å². The molecule has 3 rings (SSSR count). The predicted octanol–water partition coefficient (Wildman–Crippen LogP) is 1.30. The summed E-state index contributed by atoms with van der Waals surface area (Å²) in [5.74, 6) is 0.625. The molecule has 1 heterocycles. The van der Waals surface area contributed by atoms with Crippen LogP contribution in [0.5, 0.6) is 11.5 Å². The third-order valence-corrected chi connectivity index (χ3v) is 6.71. The van der Waals surface area contributed by atoms with E-state index in [0.29, 0.717) is 62.0 Å². The Morgan fingerprint density at radius 2 is 1.69 bits per heavy atom. The number of nitrogens with one attached hydrogen (secondary N) is 1. The van der Waals surface area contributed by atoms with Crippen molar-refractivity contribution in [1.29, 1.82) is 0 Å². The van der Waals surface area contributed by atoms with E-state index in [2.05, 4.69) is 5.32 Å². The number of carbonyl (C=O) groups excluding carboxylic acids is 2. The summed E-state index contributed by atoms with van der Waals surface area (Å²) in [4.78, 5) is 26.9. The zero-order valence-corrected chi connectivity index (χ0v) is 21.0. The zero-order valence-electron chi connectivity index (χ0n) is 20.2. The monoisotopic (exact) mass is 505 g/mol. The number of anilines is 1. The van der Waals surface area contributed by atoms with Gasteiger partial charge in [-0.3, -0.25) is 13.9 Å². The molecular weight excluding hydrogens is 474 g/mol. The number of hydrogen-bond acceptors (Lipinski definition) is 7. The summed E-state index contributed by atoms with van der Waals surface area (Å²) in [6, 6.07) is 11.7. The van der Waals surface area contributed by atoms with E-state index in [1.807, 2.05) is 12.1 Å². The van der Waals surface area contributed by atoms with Crippen molar-refractivity contribution >= 4 is 27.5 Å². The van der Waals surface area contributed by atoms with Crippen molar-refractivity contribution < 1.29 is 32.2 Å². The quantitative estimate of drug-likeness (QED) is 0.518. The highest BCUT2D eigenvalue weighted by molar-refractivity contribution is 7.92. The molecule has 0 saturated carbocycles. The van der Waals surface area contributed by atoms with E-state index in [9.17, 15) is 18.0 Å². The summed E-state index contributed by atoms with van der Waals surface area (Å²) >= 11 is 0. The molecule has 0 radical (unpaired) electrons. The van der Waals surface area contributed by atoms with Crippen molar-refractivity contribution in [3.05, 3.63) is 53.6 Å². The molecule has 1 aliphatic heterocycles. The number of ether oxygens (including phenoxy) is 3. The first kappa shape index (κ1) is 26.3. The van der Waals surface area contributed by atoms with Crippen LogP contribution in [-0.2, 0) is 26.0 Å². The van der Waals surface area contributed by atoms with Gasteiger partial charge >= 0.3 is 0 Å². The number of carbonyl (C=O) groups is 2. The lowest BCUT2D eigenvalue weighted by Crippen LogP contribution is -2.41. The first-order valence-corrected chi connectivity index (χ1v) is 13.0. The number of nitrogens with zero attached hydrogens (tertiary/aromatic N) is 2. The number of sulfonamides is 1. The Labute approximate surface area is 205 Å². The van der Waals surface area contributed by atoms with Crippen LogP contribution in [0.4, 0.5) is 5.69 Å². The Morgan fingerprint density at radius 1 is 1.03 bits per heavy atom. The van der Waals surface area contributed by atoms with Crippen LogP contribution in [0.25, 0.3) is 0 Å². The Hall–Kier alpha value is -3.31. The van der Waals surface area contributed by atoms with Gasteiger partial charge in [-0.1, -0.05) is 6.07 Å². The van der Waals surface area contributed by atoms with Crippen molar-refractivity contribution in [3.63, 3.8) is 0 Å². The molecule has 11 heteroatoms. The predicted molar refractivity (Wildman–Crippen MR) is 132 cm³/mol. The lowest BCUT2D eigenvalue weighted by atomic mass is 10.1. The molecule has 0 aliphatic carbocycles. The van der Waals surface area contributed by atoms with Gasteiger partial charge in [0.15, 0.2) is 11.5 Å². The molecule has 190 valence electrons. The van der Waals surface area contributed by atoms with Gasteiger partial charge in [-0.15, -0.1) is 0 Å². The Bertz CT molecular complexity index is 1130. The Kier molecular flexibility index (Phi) is 8.94.